The van der Waals surface area contributed by atoms with Gasteiger partial charge in [0.05, 0.1) is 22.5 Å². The van der Waals surface area contributed by atoms with Crippen molar-refractivity contribution in [1.29, 1.82) is 0 Å². The minimum absolute atomic E-state index is 0.0219. The average Bonchev–Trinajstić information content (AvgIpc) is 3.03. The molecule has 4 rings (SSSR count). The third-order valence-corrected chi connectivity index (χ3v) is 8.90. The lowest BCUT2D eigenvalue weighted by Gasteiger charge is -2.21. The molecule has 0 bridgehead atoms. The van der Waals surface area contributed by atoms with Crippen LogP contribution in [0.5, 0.6) is 23.0 Å². The highest BCUT2D eigenvalue weighted by Crippen LogP contribution is 2.33. The number of hydrogen-bond acceptors (Lipinski definition) is 5. The molecule has 0 N–H and O–H groups in total. The van der Waals surface area contributed by atoms with Gasteiger partial charge < -0.3 is 9.47 Å². The third kappa shape index (κ3) is 8.28. The standard InChI is InChI=1S/C33H26Br4O5/c34-17-29(21-7-11-25(12-8-21)41-27-5-1-3-23(15-27)31(38)19-36)33(40)30(18-35)22-9-13-26(14-10-22)42-28-6-2-4-24(16-28)32(39)20-37/h1-16,29-30H,17-20H2. The number of carbonyl (C=O) groups excluding carboxylic acids is 3. The monoisotopic (exact) mass is 818 g/mol. The Morgan fingerprint density at radius 1 is 0.524 bits per heavy atom. The van der Waals surface area contributed by atoms with Crippen molar-refractivity contribution in [2.45, 2.75) is 11.8 Å². The third-order valence-electron chi connectivity index (χ3n) is 6.59. The molecule has 0 saturated heterocycles. The normalized spacial score (nSPS) is 12.3. The molecule has 0 aromatic heterocycles. The number of carbonyl (C=O) groups is 3. The molecular weight excluding hydrogens is 796 g/mol. The van der Waals surface area contributed by atoms with Crippen LogP contribution in [0.3, 0.4) is 0 Å². The molecule has 2 atom stereocenters. The second-order valence-electron chi connectivity index (χ2n) is 9.33. The second-order valence-corrected chi connectivity index (χ2v) is 11.7. The fraction of sp³-hybridized carbons (Fsp3) is 0.182. The van der Waals surface area contributed by atoms with E-state index in [-0.39, 0.29) is 39.8 Å². The lowest BCUT2D eigenvalue weighted by molar-refractivity contribution is -0.121. The molecule has 0 heterocycles. The minimum Gasteiger partial charge on any atom is -0.457 e. The van der Waals surface area contributed by atoms with Gasteiger partial charge in [-0.25, -0.2) is 0 Å². The Kier molecular flexibility index (Phi) is 12.1. The van der Waals surface area contributed by atoms with Crippen LogP contribution in [-0.2, 0) is 4.79 Å². The SMILES string of the molecule is O=C(CBr)c1cccc(Oc2ccc(C(CBr)C(=O)C(CBr)c3ccc(Oc4cccc(C(=O)CBr)c4)cc3)cc2)c1. The fourth-order valence-corrected chi connectivity index (χ4v) is 6.36. The van der Waals surface area contributed by atoms with E-state index in [1.54, 1.807) is 48.5 Å². The number of ketones is 3. The molecule has 5 nitrogen and oxygen atoms in total. The zero-order chi connectivity index (χ0) is 30.1. The van der Waals surface area contributed by atoms with Crippen molar-refractivity contribution in [3.8, 4) is 23.0 Å². The van der Waals surface area contributed by atoms with Crippen molar-refractivity contribution in [3.05, 3.63) is 119 Å². The van der Waals surface area contributed by atoms with Crippen molar-refractivity contribution in [2.24, 2.45) is 0 Å². The first-order valence-electron chi connectivity index (χ1n) is 13.0. The van der Waals surface area contributed by atoms with Crippen molar-refractivity contribution >= 4 is 81.1 Å². The van der Waals surface area contributed by atoms with Gasteiger partial charge >= 0.3 is 0 Å². The first kappa shape index (κ1) is 32.3. The molecule has 4 aromatic carbocycles. The van der Waals surface area contributed by atoms with Crippen molar-refractivity contribution in [3.63, 3.8) is 0 Å². The summed E-state index contributed by atoms with van der Waals surface area (Å²) in [5, 5.41) is 1.43. The maximum absolute atomic E-state index is 13.7. The van der Waals surface area contributed by atoms with Gasteiger partial charge in [-0.3, -0.25) is 14.4 Å². The van der Waals surface area contributed by atoms with E-state index in [0.29, 0.717) is 44.8 Å². The predicted octanol–water partition coefficient (Wildman–Crippen LogP) is 9.65. The highest BCUT2D eigenvalue weighted by molar-refractivity contribution is 9.10. The highest BCUT2D eigenvalue weighted by Gasteiger charge is 2.28. The summed E-state index contributed by atoms with van der Waals surface area (Å²) in [7, 11) is 0. The molecular formula is C33H26Br4O5. The Morgan fingerprint density at radius 2 is 0.905 bits per heavy atom. The van der Waals surface area contributed by atoms with E-state index < -0.39 is 0 Å². The molecule has 0 amide bonds. The van der Waals surface area contributed by atoms with Gasteiger partial charge in [0.15, 0.2) is 11.6 Å². The summed E-state index contributed by atoms with van der Waals surface area (Å²) in [6.07, 6.45) is 0. The van der Waals surface area contributed by atoms with Gasteiger partial charge in [0.1, 0.15) is 28.8 Å². The number of Topliss-reactive ketones (excluding diaryl/α,β-unsaturated/α-hetero) is 3. The van der Waals surface area contributed by atoms with Crippen LogP contribution in [0.15, 0.2) is 97.1 Å². The van der Waals surface area contributed by atoms with E-state index in [1.165, 1.54) is 0 Å². The fourth-order valence-electron chi connectivity index (χ4n) is 4.33. The summed E-state index contributed by atoms with van der Waals surface area (Å²) in [6.45, 7) is 0. The van der Waals surface area contributed by atoms with Crippen LogP contribution in [0.2, 0.25) is 0 Å². The number of rotatable bonds is 14. The van der Waals surface area contributed by atoms with Crippen molar-refractivity contribution < 1.29 is 23.9 Å². The van der Waals surface area contributed by atoms with E-state index in [9.17, 15) is 14.4 Å². The number of alkyl halides is 4. The number of hydrogen-bond donors (Lipinski definition) is 0. The molecule has 0 aliphatic heterocycles. The molecule has 0 saturated carbocycles. The van der Waals surface area contributed by atoms with Gasteiger partial charge in [0, 0.05) is 21.8 Å². The molecule has 2 unspecified atom stereocenters. The Bertz CT molecular complexity index is 1420. The van der Waals surface area contributed by atoms with Crippen LogP contribution in [0.1, 0.15) is 43.7 Å². The van der Waals surface area contributed by atoms with E-state index in [0.717, 1.165) is 11.1 Å². The van der Waals surface area contributed by atoms with Gasteiger partial charge in [-0.15, -0.1) is 0 Å². The quantitative estimate of drug-likeness (QED) is 0.0937. The Labute approximate surface area is 278 Å². The topological polar surface area (TPSA) is 69.7 Å². The maximum atomic E-state index is 13.7. The largest absolute Gasteiger partial charge is 0.457 e. The first-order valence-corrected chi connectivity index (χ1v) is 17.4. The van der Waals surface area contributed by atoms with E-state index in [2.05, 4.69) is 63.7 Å². The first-order chi connectivity index (χ1) is 20.4. The van der Waals surface area contributed by atoms with Crippen molar-refractivity contribution in [1.82, 2.24) is 0 Å². The smallest absolute Gasteiger partial charge is 0.173 e. The number of halogens is 4. The predicted molar refractivity (Wildman–Crippen MR) is 180 cm³/mol. The average molecular weight is 822 g/mol. The van der Waals surface area contributed by atoms with Gasteiger partial charge in [-0.1, -0.05) is 112 Å². The van der Waals surface area contributed by atoms with E-state index in [4.69, 9.17) is 9.47 Å². The maximum Gasteiger partial charge on any atom is 0.173 e. The molecule has 9 heteroatoms. The second kappa shape index (κ2) is 15.8. The summed E-state index contributed by atoms with van der Waals surface area (Å²) in [5.74, 6) is 1.64. The molecule has 0 aliphatic rings. The molecule has 0 fully saturated rings. The Morgan fingerprint density at radius 3 is 1.24 bits per heavy atom. The zero-order valence-electron chi connectivity index (χ0n) is 22.3. The molecule has 216 valence electrons. The van der Waals surface area contributed by atoms with Crippen LogP contribution in [0.4, 0.5) is 0 Å². The molecule has 0 aliphatic carbocycles. The molecule has 4 aromatic rings. The van der Waals surface area contributed by atoms with Crippen molar-refractivity contribution in [2.75, 3.05) is 21.3 Å². The minimum atomic E-state index is -0.368. The molecule has 42 heavy (non-hydrogen) atoms. The molecule has 0 radical (unpaired) electrons. The Hall–Kier alpha value is -2.59. The van der Waals surface area contributed by atoms with Crippen LogP contribution in [0.25, 0.3) is 0 Å². The van der Waals surface area contributed by atoms with Gasteiger partial charge in [0.2, 0.25) is 0 Å². The zero-order valence-corrected chi connectivity index (χ0v) is 28.6. The highest BCUT2D eigenvalue weighted by atomic mass is 79.9. The summed E-state index contributed by atoms with van der Waals surface area (Å²) < 4.78 is 11.9. The van der Waals surface area contributed by atoms with E-state index in [1.807, 2.05) is 48.5 Å². The van der Waals surface area contributed by atoms with Crippen LogP contribution in [0, 0.1) is 0 Å². The lowest BCUT2D eigenvalue weighted by Crippen LogP contribution is -2.23. The Balaban J connectivity index is 1.45. The summed E-state index contributed by atoms with van der Waals surface area (Å²) in [5.41, 5.74) is 2.89. The van der Waals surface area contributed by atoms with Gasteiger partial charge in [-0.05, 0) is 59.7 Å². The van der Waals surface area contributed by atoms with Crippen LogP contribution in [-0.4, -0.2) is 38.7 Å². The lowest BCUT2D eigenvalue weighted by atomic mass is 9.86. The van der Waals surface area contributed by atoms with Gasteiger partial charge in [0.25, 0.3) is 0 Å². The van der Waals surface area contributed by atoms with Crippen LogP contribution < -0.4 is 9.47 Å². The molecule has 0 spiro atoms. The van der Waals surface area contributed by atoms with Gasteiger partial charge in [-0.2, -0.15) is 0 Å². The number of ether oxygens (including phenoxy) is 2. The van der Waals surface area contributed by atoms with Crippen LogP contribution >= 0.6 is 63.7 Å². The number of benzene rings is 4. The summed E-state index contributed by atoms with van der Waals surface area (Å²) in [4.78, 5) is 37.7. The summed E-state index contributed by atoms with van der Waals surface area (Å²) in [6, 6.07) is 28.9. The summed E-state index contributed by atoms with van der Waals surface area (Å²) >= 11 is 13.5. The van der Waals surface area contributed by atoms with E-state index >= 15 is 0 Å².